The molecule has 0 bridgehead atoms. The second-order valence-electron chi connectivity index (χ2n) is 2.54. The van der Waals surface area contributed by atoms with Crippen molar-refractivity contribution in [2.75, 3.05) is 5.75 Å². The number of hydrogen-bond acceptors (Lipinski definition) is 1. The van der Waals surface area contributed by atoms with Crippen LogP contribution in [0.2, 0.25) is 0 Å². The fourth-order valence-corrected chi connectivity index (χ4v) is 2.33. The highest BCUT2D eigenvalue weighted by molar-refractivity contribution is 9.10. The summed E-state index contributed by atoms with van der Waals surface area (Å²) in [4.78, 5) is 1.37. The van der Waals surface area contributed by atoms with Gasteiger partial charge in [0, 0.05) is 9.37 Å². The summed E-state index contributed by atoms with van der Waals surface area (Å²) < 4.78 is 1.23. The first kappa shape index (κ1) is 10.1. The van der Waals surface area contributed by atoms with E-state index in [1.807, 2.05) is 11.8 Å². The summed E-state index contributed by atoms with van der Waals surface area (Å²) in [5.41, 5.74) is 1.40. The Hall–Kier alpha value is 0.0500. The van der Waals surface area contributed by atoms with Crippen molar-refractivity contribution in [3.63, 3.8) is 0 Å². The lowest BCUT2D eigenvalue weighted by atomic mass is 10.2. The van der Waals surface area contributed by atoms with E-state index in [1.165, 1.54) is 14.9 Å². The van der Waals surface area contributed by atoms with Crippen LogP contribution in [0.3, 0.4) is 0 Å². The zero-order chi connectivity index (χ0) is 8.97. The van der Waals surface area contributed by atoms with Crippen molar-refractivity contribution in [3.05, 3.63) is 28.2 Å². The third kappa shape index (κ3) is 2.53. The van der Waals surface area contributed by atoms with Crippen LogP contribution in [0.5, 0.6) is 0 Å². The quantitative estimate of drug-likeness (QED) is 0.722. The standard InChI is InChI=1S/C10H13BrS/c1-3-8-7-9(12-4-2)5-6-10(8)11/h5-7H,3-4H2,1-2H3. The molecule has 0 heterocycles. The fourth-order valence-electron chi connectivity index (χ4n) is 1.08. The van der Waals surface area contributed by atoms with Crippen molar-refractivity contribution < 1.29 is 0 Å². The fraction of sp³-hybridized carbons (Fsp3) is 0.400. The molecular weight excluding hydrogens is 232 g/mol. The number of aryl methyl sites for hydroxylation is 1. The molecule has 1 rings (SSSR count). The first-order valence-corrected chi connectivity index (χ1v) is 5.97. The van der Waals surface area contributed by atoms with Gasteiger partial charge in [-0.3, -0.25) is 0 Å². The van der Waals surface area contributed by atoms with E-state index in [1.54, 1.807) is 0 Å². The summed E-state index contributed by atoms with van der Waals surface area (Å²) in [5.74, 6) is 1.14. The molecule has 0 fully saturated rings. The smallest absolute Gasteiger partial charge is 0.0207 e. The van der Waals surface area contributed by atoms with Gasteiger partial charge < -0.3 is 0 Å². The summed E-state index contributed by atoms with van der Waals surface area (Å²) in [6, 6.07) is 6.56. The summed E-state index contributed by atoms with van der Waals surface area (Å²) in [6.07, 6.45) is 1.10. The molecule has 0 aromatic heterocycles. The first-order chi connectivity index (χ1) is 5.77. The average Bonchev–Trinajstić information content (AvgIpc) is 2.09. The Bertz CT molecular complexity index is 258. The molecule has 1 aromatic rings. The van der Waals surface area contributed by atoms with Crippen molar-refractivity contribution >= 4 is 27.7 Å². The van der Waals surface area contributed by atoms with Crippen molar-refractivity contribution in [2.24, 2.45) is 0 Å². The maximum absolute atomic E-state index is 3.53. The molecule has 0 N–H and O–H groups in total. The topological polar surface area (TPSA) is 0 Å². The van der Waals surface area contributed by atoms with Gasteiger partial charge in [0.15, 0.2) is 0 Å². The van der Waals surface area contributed by atoms with Crippen molar-refractivity contribution in [1.29, 1.82) is 0 Å². The van der Waals surface area contributed by atoms with E-state index in [4.69, 9.17) is 0 Å². The molecule has 0 unspecified atom stereocenters. The molecule has 0 aliphatic carbocycles. The maximum Gasteiger partial charge on any atom is 0.0207 e. The van der Waals surface area contributed by atoms with E-state index in [0.717, 1.165) is 12.2 Å². The third-order valence-electron chi connectivity index (χ3n) is 1.71. The highest BCUT2D eigenvalue weighted by Gasteiger charge is 1.98. The Kier molecular flexibility index (Phi) is 4.16. The third-order valence-corrected chi connectivity index (χ3v) is 3.36. The monoisotopic (exact) mass is 244 g/mol. The average molecular weight is 245 g/mol. The molecule has 0 spiro atoms. The Labute approximate surface area is 86.9 Å². The van der Waals surface area contributed by atoms with E-state index >= 15 is 0 Å². The van der Waals surface area contributed by atoms with Gasteiger partial charge in [0.1, 0.15) is 0 Å². The molecule has 0 aliphatic heterocycles. The molecule has 66 valence electrons. The SMILES string of the molecule is CCSc1ccc(Br)c(CC)c1. The van der Waals surface area contributed by atoms with Crippen molar-refractivity contribution in [3.8, 4) is 0 Å². The highest BCUT2D eigenvalue weighted by atomic mass is 79.9. The van der Waals surface area contributed by atoms with Gasteiger partial charge in [-0.25, -0.2) is 0 Å². The van der Waals surface area contributed by atoms with E-state index < -0.39 is 0 Å². The minimum absolute atomic E-state index is 1.10. The van der Waals surface area contributed by atoms with E-state index in [0.29, 0.717) is 0 Å². The van der Waals surface area contributed by atoms with Gasteiger partial charge in [-0.15, -0.1) is 11.8 Å². The largest absolute Gasteiger partial charge is 0.126 e. The van der Waals surface area contributed by atoms with Crippen LogP contribution in [-0.4, -0.2) is 5.75 Å². The Morgan fingerprint density at radius 1 is 1.33 bits per heavy atom. The molecule has 0 aliphatic rings. The highest BCUT2D eigenvalue weighted by Crippen LogP contribution is 2.24. The van der Waals surface area contributed by atoms with Crippen molar-refractivity contribution in [2.45, 2.75) is 25.2 Å². The molecule has 0 atom stereocenters. The van der Waals surface area contributed by atoms with Crippen molar-refractivity contribution in [1.82, 2.24) is 0 Å². The van der Waals surface area contributed by atoms with Gasteiger partial charge >= 0.3 is 0 Å². The summed E-state index contributed by atoms with van der Waals surface area (Å²) >= 11 is 5.43. The second kappa shape index (κ2) is 4.93. The van der Waals surface area contributed by atoms with Crippen LogP contribution in [0.1, 0.15) is 19.4 Å². The van der Waals surface area contributed by atoms with Gasteiger partial charge in [-0.2, -0.15) is 0 Å². The molecule has 0 nitrogen and oxygen atoms in total. The second-order valence-corrected chi connectivity index (χ2v) is 4.73. The lowest BCUT2D eigenvalue weighted by Crippen LogP contribution is -1.83. The molecular formula is C10H13BrS. The van der Waals surface area contributed by atoms with Crippen LogP contribution >= 0.6 is 27.7 Å². The van der Waals surface area contributed by atoms with E-state index in [-0.39, 0.29) is 0 Å². The van der Waals surface area contributed by atoms with Crippen LogP contribution in [-0.2, 0) is 6.42 Å². The lowest BCUT2D eigenvalue weighted by molar-refractivity contribution is 1.11. The van der Waals surface area contributed by atoms with Crippen LogP contribution in [0.15, 0.2) is 27.6 Å². The molecule has 12 heavy (non-hydrogen) atoms. The van der Waals surface area contributed by atoms with Gasteiger partial charge in [0.2, 0.25) is 0 Å². The Morgan fingerprint density at radius 3 is 2.67 bits per heavy atom. The predicted molar refractivity (Wildman–Crippen MR) is 59.9 cm³/mol. The van der Waals surface area contributed by atoms with Gasteiger partial charge in [-0.05, 0) is 35.9 Å². The van der Waals surface area contributed by atoms with Gasteiger partial charge in [0.25, 0.3) is 0 Å². The van der Waals surface area contributed by atoms with Crippen LogP contribution in [0, 0.1) is 0 Å². The maximum atomic E-state index is 3.53. The van der Waals surface area contributed by atoms with Crippen LogP contribution in [0.4, 0.5) is 0 Å². The molecule has 0 saturated heterocycles. The minimum atomic E-state index is 1.10. The molecule has 0 radical (unpaired) electrons. The lowest BCUT2D eigenvalue weighted by Gasteiger charge is -2.03. The summed E-state index contributed by atoms with van der Waals surface area (Å²) in [7, 11) is 0. The minimum Gasteiger partial charge on any atom is -0.126 e. The molecule has 0 amide bonds. The van der Waals surface area contributed by atoms with Gasteiger partial charge in [0.05, 0.1) is 0 Å². The van der Waals surface area contributed by atoms with Gasteiger partial charge in [-0.1, -0.05) is 29.8 Å². The zero-order valence-corrected chi connectivity index (χ0v) is 9.83. The molecule has 1 aromatic carbocycles. The zero-order valence-electron chi connectivity index (χ0n) is 7.43. The first-order valence-electron chi connectivity index (χ1n) is 4.19. The Balaban J connectivity index is 2.89. The molecule has 2 heteroatoms. The predicted octanol–water partition coefficient (Wildman–Crippen LogP) is 4.12. The van der Waals surface area contributed by atoms with E-state index in [2.05, 4.69) is 48.0 Å². The summed E-state index contributed by atoms with van der Waals surface area (Å²) in [5, 5.41) is 0. The number of hydrogen-bond donors (Lipinski definition) is 0. The molecule has 0 saturated carbocycles. The Morgan fingerprint density at radius 2 is 2.08 bits per heavy atom. The number of thioether (sulfide) groups is 1. The number of rotatable bonds is 3. The van der Waals surface area contributed by atoms with Crippen LogP contribution in [0.25, 0.3) is 0 Å². The van der Waals surface area contributed by atoms with E-state index in [9.17, 15) is 0 Å². The number of benzene rings is 1. The summed E-state index contributed by atoms with van der Waals surface area (Å²) in [6.45, 7) is 4.36. The van der Waals surface area contributed by atoms with Crippen LogP contribution < -0.4 is 0 Å². The number of halogens is 1. The normalized spacial score (nSPS) is 10.2.